The Labute approximate surface area is 232 Å². The molecule has 0 aliphatic carbocycles. The number of benzene rings is 2. The number of aromatic nitrogens is 3. The lowest BCUT2D eigenvalue weighted by Crippen LogP contribution is -2.32. The van der Waals surface area contributed by atoms with Crippen molar-refractivity contribution < 1.29 is 27.5 Å². The SMILES string of the molecule is COc1cc(Nc2[nH]nc(-c3ccc(NC(=O)N4CCC(c5ccc(C(F)(F)F)cc5)C4)cc3)c2C(N)=O)ccn1. The fourth-order valence-corrected chi connectivity index (χ4v) is 4.70. The average molecular weight is 566 g/mol. The van der Waals surface area contributed by atoms with Crippen molar-refractivity contribution in [3.8, 4) is 17.1 Å². The number of amides is 3. The molecule has 1 unspecified atom stereocenters. The number of H-pyrrole nitrogens is 1. The Kier molecular flexibility index (Phi) is 7.51. The van der Waals surface area contributed by atoms with Crippen LogP contribution in [0.2, 0.25) is 0 Å². The summed E-state index contributed by atoms with van der Waals surface area (Å²) in [4.78, 5) is 30.8. The molecule has 13 heteroatoms. The van der Waals surface area contributed by atoms with E-state index >= 15 is 0 Å². The van der Waals surface area contributed by atoms with E-state index in [9.17, 15) is 22.8 Å². The lowest BCUT2D eigenvalue weighted by Gasteiger charge is -2.18. The third-order valence-corrected chi connectivity index (χ3v) is 6.82. The Morgan fingerprint density at radius 1 is 1.07 bits per heavy atom. The van der Waals surface area contributed by atoms with Gasteiger partial charge in [-0.15, -0.1) is 0 Å². The van der Waals surface area contributed by atoms with Crippen LogP contribution in [0.1, 0.15) is 33.8 Å². The molecule has 5 rings (SSSR count). The molecule has 4 aromatic rings. The number of halogens is 3. The summed E-state index contributed by atoms with van der Waals surface area (Å²) >= 11 is 0. The number of primary amides is 1. The first-order valence-electron chi connectivity index (χ1n) is 12.6. The summed E-state index contributed by atoms with van der Waals surface area (Å²) in [6.45, 7) is 0.869. The summed E-state index contributed by atoms with van der Waals surface area (Å²) in [5.41, 5.74) is 7.94. The number of nitrogens with zero attached hydrogens (tertiary/aromatic N) is 3. The van der Waals surface area contributed by atoms with Crippen LogP contribution in [-0.4, -0.2) is 52.2 Å². The fourth-order valence-electron chi connectivity index (χ4n) is 4.70. The van der Waals surface area contributed by atoms with E-state index in [1.54, 1.807) is 47.5 Å². The molecule has 2 aromatic heterocycles. The van der Waals surface area contributed by atoms with Gasteiger partial charge in [0.1, 0.15) is 17.1 Å². The van der Waals surface area contributed by atoms with Gasteiger partial charge in [0.05, 0.1) is 12.7 Å². The predicted molar refractivity (Wildman–Crippen MR) is 146 cm³/mol. The second-order valence-electron chi connectivity index (χ2n) is 9.46. The van der Waals surface area contributed by atoms with Crippen molar-refractivity contribution in [1.82, 2.24) is 20.1 Å². The first-order chi connectivity index (χ1) is 19.6. The molecular weight excluding hydrogens is 539 g/mol. The number of nitrogens with one attached hydrogen (secondary N) is 3. The number of ether oxygens (including phenoxy) is 1. The number of pyridine rings is 1. The van der Waals surface area contributed by atoms with Gasteiger partial charge in [-0.3, -0.25) is 9.89 Å². The zero-order valence-electron chi connectivity index (χ0n) is 21.8. The van der Waals surface area contributed by atoms with E-state index < -0.39 is 17.6 Å². The summed E-state index contributed by atoms with van der Waals surface area (Å²) in [5, 5.41) is 13.0. The normalized spacial score (nSPS) is 15.0. The summed E-state index contributed by atoms with van der Waals surface area (Å²) in [6.07, 6.45) is -2.19. The average Bonchev–Trinajstić information content (AvgIpc) is 3.61. The van der Waals surface area contributed by atoms with Crippen LogP contribution in [0.5, 0.6) is 5.88 Å². The van der Waals surface area contributed by atoms with E-state index in [-0.39, 0.29) is 17.5 Å². The van der Waals surface area contributed by atoms with Gasteiger partial charge in [-0.25, -0.2) is 9.78 Å². The van der Waals surface area contributed by atoms with Crippen molar-refractivity contribution in [3.05, 3.63) is 83.6 Å². The van der Waals surface area contributed by atoms with Crippen molar-refractivity contribution in [2.75, 3.05) is 30.8 Å². The van der Waals surface area contributed by atoms with E-state index in [4.69, 9.17) is 10.5 Å². The van der Waals surface area contributed by atoms with Gasteiger partial charge in [-0.05, 0) is 42.3 Å². The molecule has 212 valence electrons. The van der Waals surface area contributed by atoms with Gasteiger partial charge in [0, 0.05) is 48.2 Å². The minimum absolute atomic E-state index is 0.0478. The van der Waals surface area contributed by atoms with Gasteiger partial charge in [0.2, 0.25) is 5.88 Å². The number of carbonyl (C=O) groups excluding carboxylic acids is 2. The van der Waals surface area contributed by atoms with Gasteiger partial charge in [0.25, 0.3) is 5.91 Å². The zero-order valence-corrected chi connectivity index (χ0v) is 21.8. The van der Waals surface area contributed by atoms with Gasteiger partial charge in [0.15, 0.2) is 0 Å². The lowest BCUT2D eigenvalue weighted by atomic mass is 9.97. The zero-order chi connectivity index (χ0) is 29.1. The first-order valence-corrected chi connectivity index (χ1v) is 12.6. The molecule has 10 nitrogen and oxygen atoms in total. The van der Waals surface area contributed by atoms with E-state index in [1.807, 2.05) is 0 Å². The maximum Gasteiger partial charge on any atom is 0.416 e. The van der Waals surface area contributed by atoms with Crippen LogP contribution < -0.4 is 21.1 Å². The molecule has 1 aliphatic heterocycles. The molecule has 1 aliphatic rings. The molecule has 5 N–H and O–H groups in total. The van der Waals surface area contributed by atoms with Gasteiger partial charge < -0.3 is 26.0 Å². The van der Waals surface area contributed by atoms with Gasteiger partial charge >= 0.3 is 12.2 Å². The molecule has 3 heterocycles. The maximum atomic E-state index is 12.9. The predicted octanol–water partition coefficient (Wildman–Crippen LogP) is 5.36. The van der Waals surface area contributed by atoms with E-state index in [0.717, 1.165) is 17.7 Å². The molecule has 0 saturated carbocycles. The summed E-state index contributed by atoms with van der Waals surface area (Å²) in [7, 11) is 1.49. The third-order valence-electron chi connectivity index (χ3n) is 6.82. The van der Waals surface area contributed by atoms with E-state index in [2.05, 4.69) is 25.8 Å². The first kappa shape index (κ1) is 27.5. The quantitative estimate of drug-likeness (QED) is 0.238. The Balaban J connectivity index is 1.24. The van der Waals surface area contributed by atoms with Crippen molar-refractivity contribution >= 4 is 29.1 Å². The number of carbonyl (C=O) groups is 2. The number of urea groups is 1. The Bertz CT molecular complexity index is 1550. The molecule has 3 amide bonds. The summed E-state index contributed by atoms with van der Waals surface area (Å²) in [6, 6.07) is 14.9. The van der Waals surface area contributed by atoms with Crippen molar-refractivity contribution in [2.24, 2.45) is 5.73 Å². The van der Waals surface area contributed by atoms with Gasteiger partial charge in [-0.1, -0.05) is 24.3 Å². The van der Waals surface area contributed by atoms with Crippen LogP contribution in [-0.2, 0) is 6.18 Å². The highest BCUT2D eigenvalue weighted by Crippen LogP contribution is 2.33. The van der Waals surface area contributed by atoms with Crippen LogP contribution in [0.25, 0.3) is 11.3 Å². The fraction of sp³-hybridized carbons (Fsp3) is 0.214. The monoisotopic (exact) mass is 565 g/mol. The second-order valence-corrected chi connectivity index (χ2v) is 9.46. The van der Waals surface area contributed by atoms with Crippen LogP contribution in [0, 0.1) is 0 Å². The highest BCUT2D eigenvalue weighted by molar-refractivity contribution is 6.04. The highest BCUT2D eigenvalue weighted by Gasteiger charge is 2.32. The number of hydrogen-bond donors (Lipinski definition) is 4. The van der Waals surface area contributed by atoms with Crippen molar-refractivity contribution in [1.29, 1.82) is 0 Å². The lowest BCUT2D eigenvalue weighted by molar-refractivity contribution is -0.137. The molecule has 1 fully saturated rings. The molecular formula is C28H26F3N7O3. The number of likely N-dealkylation sites (tertiary alicyclic amines) is 1. The van der Waals surface area contributed by atoms with Crippen LogP contribution in [0.4, 0.5) is 35.2 Å². The van der Waals surface area contributed by atoms with E-state index in [0.29, 0.717) is 53.8 Å². The number of rotatable bonds is 7. The standard InChI is InChI=1S/C28H26F3N7O3/c1-41-22-14-21(10-12-33-22)34-26-23(25(32)39)24(36-37-26)17-4-8-20(9-5-17)35-27(40)38-13-11-18(15-38)16-2-6-19(7-3-16)28(29,30)31/h2-10,12,14,18H,11,13,15H2,1H3,(H2,32,39)(H,35,40)(H2,33,34,36,37). The maximum absolute atomic E-state index is 12.9. The number of anilines is 3. The minimum atomic E-state index is -4.39. The molecule has 0 radical (unpaired) electrons. The number of hydrogen-bond acceptors (Lipinski definition) is 6. The molecule has 0 bridgehead atoms. The molecule has 41 heavy (non-hydrogen) atoms. The smallest absolute Gasteiger partial charge is 0.416 e. The number of nitrogens with two attached hydrogens (primary N) is 1. The number of aromatic amines is 1. The van der Waals surface area contributed by atoms with Crippen LogP contribution in [0.3, 0.4) is 0 Å². The molecule has 0 spiro atoms. The molecule has 1 atom stereocenters. The molecule has 1 saturated heterocycles. The Hall–Kier alpha value is -5.07. The van der Waals surface area contributed by atoms with Crippen molar-refractivity contribution in [3.63, 3.8) is 0 Å². The minimum Gasteiger partial charge on any atom is -0.481 e. The van der Waals surface area contributed by atoms with Crippen molar-refractivity contribution in [2.45, 2.75) is 18.5 Å². The highest BCUT2D eigenvalue weighted by atomic mass is 19.4. The molecule has 2 aromatic carbocycles. The Morgan fingerprint density at radius 3 is 2.46 bits per heavy atom. The van der Waals surface area contributed by atoms with Crippen LogP contribution in [0.15, 0.2) is 66.9 Å². The largest absolute Gasteiger partial charge is 0.481 e. The van der Waals surface area contributed by atoms with Crippen LogP contribution >= 0.6 is 0 Å². The number of methoxy groups -OCH3 is 1. The second kappa shape index (κ2) is 11.2. The third kappa shape index (κ3) is 6.08. The Morgan fingerprint density at radius 2 is 1.80 bits per heavy atom. The summed E-state index contributed by atoms with van der Waals surface area (Å²) < 4.78 is 43.7. The van der Waals surface area contributed by atoms with Gasteiger partial charge in [-0.2, -0.15) is 18.3 Å². The van der Waals surface area contributed by atoms with E-state index in [1.165, 1.54) is 19.2 Å². The number of alkyl halides is 3. The topological polar surface area (TPSA) is 138 Å². The summed E-state index contributed by atoms with van der Waals surface area (Å²) in [5.74, 6) is -0.0496.